The zero-order valence-corrected chi connectivity index (χ0v) is 17.1. The number of thiocarbonyl (C=S) groups is 2. The molecular formula is C16H12N2O6S4. The summed E-state index contributed by atoms with van der Waals surface area (Å²) in [5, 5.41) is 4.19. The van der Waals surface area contributed by atoms with Crippen molar-refractivity contribution >= 4 is 61.1 Å². The fourth-order valence-corrected chi connectivity index (χ4v) is 4.30. The van der Waals surface area contributed by atoms with E-state index in [2.05, 4.69) is 44.7 Å². The van der Waals surface area contributed by atoms with Gasteiger partial charge < -0.3 is 0 Å². The van der Waals surface area contributed by atoms with E-state index in [1.807, 2.05) is 0 Å². The number of hydrogen-bond acceptors (Lipinski definition) is 8. The standard InChI is InChI=1S/C16H12N2O6S4/c19-27(20,21)14-4-2-1-3-12(14)5-6-13-7-8-16(17-10-25,18-11-26)9-15(13)28(22,23)24/h1-8H,9H2,(H,19,20,21)(H,22,23,24). The third-order valence-corrected chi connectivity index (χ3v) is 5.81. The van der Waals surface area contributed by atoms with Crippen LogP contribution in [0.15, 0.2) is 67.9 Å². The van der Waals surface area contributed by atoms with Gasteiger partial charge in [-0.05, 0) is 47.7 Å². The van der Waals surface area contributed by atoms with Crippen LogP contribution in [0, 0.1) is 0 Å². The third kappa shape index (κ3) is 5.22. The van der Waals surface area contributed by atoms with Crippen molar-refractivity contribution in [3.05, 3.63) is 58.5 Å². The number of benzene rings is 1. The van der Waals surface area contributed by atoms with Gasteiger partial charge in [0.05, 0.1) is 15.2 Å². The number of allylic oxidation sites excluding steroid dienone is 3. The summed E-state index contributed by atoms with van der Waals surface area (Å²) in [6, 6.07) is 5.56. The average Bonchev–Trinajstić information content (AvgIpc) is 2.60. The van der Waals surface area contributed by atoms with Gasteiger partial charge in [-0.2, -0.15) is 26.8 Å². The van der Waals surface area contributed by atoms with Gasteiger partial charge in [-0.3, -0.25) is 9.11 Å². The van der Waals surface area contributed by atoms with Gasteiger partial charge in [0, 0.05) is 6.42 Å². The molecular weight excluding hydrogens is 444 g/mol. The fourth-order valence-electron chi connectivity index (χ4n) is 2.47. The molecule has 0 aliphatic heterocycles. The first kappa shape index (κ1) is 22.2. The van der Waals surface area contributed by atoms with E-state index in [0.29, 0.717) is 0 Å². The number of isothiocyanates is 2. The Morgan fingerprint density at radius 2 is 1.61 bits per heavy atom. The summed E-state index contributed by atoms with van der Waals surface area (Å²) >= 11 is 9.10. The molecule has 1 aliphatic rings. The van der Waals surface area contributed by atoms with Crippen molar-refractivity contribution in [1.82, 2.24) is 0 Å². The minimum absolute atomic E-state index is 0.0578. The summed E-state index contributed by atoms with van der Waals surface area (Å²) in [4.78, 5) is 6.82. The Kier molecular flexibility index (Phi) is 6.71. The minimum atomic E-state index is -4.66. The summed E-state index contributed by atoms with van der Waals surface area (Å²) in [5.41, 5.74) is -1.33. The number of hydrogen-bond donors (Lipinski definition) is 2. The van der Waals surface area contributed by atoms with Crippen molar-refractivity contribution in [1.29, 1.82) is 0 Å². The summed E-state index contributed by atoms with van der Waals surface area (Å²) in [6.45, 7) is 0. The van der Waals surface area contributed by atoms with E-state index in [0.717, 1.165) is 0 Å². The van der Waals surface area contributed by atoms with Crippen LogP contribution in [0.2, 0.25) is 0 Å². The topological polar surface area (TPSA) is 133 Å². The number of rotatable bonds is 6. The molecule has 1 aromatic rings. The third-order valence-electron chi connectivity index (χ3n) is 3.70. The monoisotopic (exact) mass is 456 g/mol. The Bertz CT molecular complexity index is 1180. The Morgan fingerprint density at radius 1 is 1.00 bits per heavy atom. The fraction of sp³-hybridized carbons (Fsp3) is 0.125. The molecule has 1 aromatic carbocycles. The molecule has 0 amide bonds. The highest BCUT2D eigenvalue weighted by Crippen LogP contribution is 2.34. The van der Waals surface area contributed by atoms with Crippen molar-refractivity contribution in [2.24, 2.45) is 9.98 Å². The van der Waals surface area contributed by atoms with Crippen LogP contribution in [0.25, 0.3) is 6.08 Å². The summed E-state index contributed by atoms with van der Waals surface area (Å²) < 4.78 is 65.5. The summed E-state index contributed by atoms with van der Waals surface area (Å²) in [7, 11) is -9.14. The van der Waals surface area contributed by atoms with E-state index in [4.69, 9.17) is 0 Å². The van der Waals surface area contributed by atoms with E-state index in [1.165, 1.54) is 48.6 Å². The van der Waals surface area contributed by atoms with Crippen LogP contribution in [0.3, 0.4) is 0 Å². The second kappa shape index (κ2) is 8.48. The second-order valence-corrected chi connectivity index (χ2v) is 8.69. The molecule has 0 spiro atoms. The lowest BCUT2D eigenvalue weighted by molar-refractivity contribution is 0.478. The first-order chi connectivity index (χ1) is 13.0. The van der Waals surface area contributed by atoms with Crippen LogP contribution in [0.5, 0.6) is 0 Å². The summed E-state index contributed by atoms with van der Waals surface area (Å²) in [6.07, 6.45) is 4.87. The molecule has 0 fully saturated rings. The summed E-state index contributed by atoms with van der Waals surface area (Å²) in [5.74, 6) is 0. The van der Waals surface area contributed by atoms with Crippen LogP contribution in [-0.4, -0.2) is 41.9 Å². The molecule has 28 heavy (non-hydrogen) atoms. The molecule has 8 nitrogen and oxygen atoms in total. The molecule has 0 heterocycles. The molecule has 0 radical (unpaired) electrons. The van der Waals surface area contributed by atoms with Crippen molar-refractivity contribution in [2.75, 3.05) is 0 Å². The molecule has 0 aromatic heterocycles. The van der Waals surface area contributed by atoms with E-state index in [1.54, 1.807) is 0 Å². The van der Waals surface area contributed by atoms with Crippen molar-refractivity contribution in [3.63, 3.8) is 0 Å². The van der Waals surface area contributed by atoms with E-state index in [9.17, 15) is 25.9 Å². The van der Waals surface area contributed by atoms with Crippen molar-refractivity contribution in [2.45, 2.75) is 17.0 Å². The van der Waals surface area contributed by atoms with E-state index in [-0.39, 0.29) is 16.0 Å². The zero-order chi connectivity index (χ0) is 21.0. The first-order valence-electron chi connectivity index (χ1n) is 7.35. The highest BCUT2D eigenvalue weighted by atomic mass is 32.2. The minimum Gasteiger partial charge on any atom is -0.282 e. The Hall–Kier alpha value is -2.14. The molecule has 2 N–H and O–H groups in total. The molecule has 0 atom stereocenters. The maximum Gasteiger partial charge on any atom is 0.295 e. The van der Waals surface area contributed by atoms with Gasteiger partial charge in [-0.25, -0.2) is 0 Å². The quantitative estimate of drug-likeness (QED) is 0.379. The Labute approximate surface area is 172 Å². The Morgan fingerprint density at radius 3 is 2.14 bits per heavy atom. The lowest BCUT2D eigenvalue weighted by atomic mass is 9.96. The lowest BCUT2D eigenvalue weighted by Crippen LogP contribution is -2.26. The van der Waals surface area contributed by atoms with Crippen molar-refractivity contribution < 1.29 is 25.9 Å². The lowest BCUT2D eigenvalue weighted by Gasteiger charge is -2.24. The van der Waals surface area contributed by atoms with E-state index >= 15 is 0 Å². The molecule has 0 saturated heterocycles. The smallest absolute Gasteiger partial charge is 0.282 e. The first-order valence-corrected chi connectivity index (χ1v) is 11.0. The predicted octanol–water partition coefficient (Wildman–Crippen LogP) is 2.95. The molecule has 0 saturated carbocycles. The van der Waals surface area contributed by atoms with Crippen LogP contribution in [0.4, 0.5) is 0 Å². The maximum absolute atomic E-state index is 11.8. The van der Waals surface area contributed by atoms with Crippen LogP contribution in [-0.2, 0) is 20.2 Å². The van der Waals surface area contributed by atoms with Gasteiger partial charge in [0.1, 0.15) is 4.90 Å². The highest BCUT2D eigenvalue weighted by molar-refractivity contribution is 7.89. The van der Waals surface area contributed by atoms with Gasteiger partial charge in [-0.15, -0.1) is 0 Å². The average molecular weight is 457 g/mol. The molecule has 12 heteroatoms. The maximum atomic E-state index is 11.8. The van der Waals surface area contributed by atoms with Gasteiger partial charge in [0.25, 0.3) is 20.2 Å². The number of nitrogens with zero attached hydrogens (tertiary/aromatic N) is 2. The molecule has 0 unspecified atom stereocenters. The Balaban J connectivity index is 2.60. The molecule has 0 bridgehead atoms. The molecule has 2 rings (SSSR count). The van der Waals surface area contributed by atoms with Gasteiger partial charge in [-0.1, -0.05) is 36.4 Å². The van der Waals surface area contributed by atoms with Crippen LogP contribution in [0.1, 0.15) is 12.0 Å². The normalized spacial score (nSPS) is 19.9. The van der Waals surface area contributed by atoms with Gasteiger partial charge >= 0.3 is 0 Å². The predicted molar refractivity (Wildman–Crippen MR) is 110 cm³/mol. The van der Waals surface area contributed by atoms with E-state index < -0.39 is 37.2 Å². The number of aliphatic imine (C=N–C) groups is 2. The van der Waals surface area contributed by atoms with Gasteiger partial charge in [0.15, 0.2) is 5.66 Å². The molecule has 1 aliphatic carbocycles. The largest absolute Gasteiger partial charge is 0.295 e. The van der Waals surface area contributed by atoms with Gasteiger partial charge in [0.2, 0.25) is 0 Å². The SMILES string of the molecule is O=S(=O)(O)C1=C(C=Cc2ccccc2S(=O)(=O)O)C=CC(N=C=S)(N=C=S)C1. The van der Waals surface area contributed by atoms with Crippen LogP contribution < -0.4 is 0 Å². The molecule has 146 valence electrons. The van der Waals surface area contributed by atoms with Crippen LogP contribution >= 0.6 is 24.4 Å². The second-order valence-electron chi connectivity index (χ2n) is 5.49. The highest BCUT2D eigenvalue weighted by Gasteiger charge is 2.35. The zero-order valence-electron chi connectivity index (χ0n) is 13.9. The van der Waals surface area contributed by atoms with Crippen molar-refractivity contribution in [3.8, 4) is 0 Å².